The molecule has 110 valence electrons. The zero-order valence-electron chi connectivity index (χ0n) is 11.1. The quantitative estimate of drug-likeness (QED) is 0.814. The van der Waals surface area contributed by atoms with Crippen molar-refractivity contribution >= 4 is 21.6 Å². The van der Waals surface area contributed by atoms with Gasteiger partial charge in [-0.05, 0) is 46.6 Å². The van der Waals surface area contributed by atoms with Crippen molar-refractivity contribution in [2.45, 2.75) is 13.0 Å². The first-order valence-corrected chi connectivity index (χ1v) is 7.14. The fraction of sp³-hybridized carbons (Fsp3) is 0.200. The number of fused-ring (bicyclic) bond motifs is 1. The number of rotatable bonds is 3. The third-order valence-corrected chi connectivity index (χ3v) is 3.89. The van der Waals surface area contributed by atoms with Gasteiger partial charge in [-0.25, -0.2) is 8.78 Å². The van der Waals surface area contributed by atoms with Crippen molar-refractivity contribution in [3.8, 4) is 11.5 Å². The van der Waals surface area contributed by atoms with Crippen molar-refractivity contribution in [3.63, 3.8) is 0 Å². The molecule has 3 rings (SSSR count). The van der Waals surface area contributed by atoms with Crippen molar-refractivity contribution in [2.24, 2.45) is 0 Å². The van der Waals surface area contributed by atoms with Crippen LogP contribution in [0.2, 0.25) is 0 Å². The van der Waals surface area contributed by atoms with Gasteiger partial charge in [0, 0.05) is 12.1 Å². The van der Waals surface area contributed by atoms with Crippen LogP contribution in [0.3, 0.4) is 0 Å². The molecule has 0 radical (unpaired) electrons. The van der Waals surface area contributed by atoms with Crippen LogP contribution in [0, 0.1) is 11.6 Å². The molecule has 1 atom stereocenters. The monoisotopic (exact) mass is 355 g/mol. The van der Waals surface area contributed by atoms with Gasteiger partial charge in [0.05, 0.1) is 10.2 Å². The second-order valence-corrected chi connectivity index (χ2v) is 5.58. The maximum atomic E-state index is 13.8. The van der Waals surface area contributed by atoms with E-state index in [4.69, 9.17) is 9.47 Å². The topological polar surface area (TPSA) is 30.5 Å². The maximum absolute atomic E-state index is 13.8. The number of hydrogen-bond donors (Lipinski definition) is 1. The second-order valence-electron chi connectivity index (χ2n) is 4.72. The molecule has 1 heterocycles. The van der Waals surface area contributed by atoms with Gasteiger partial charge in [0.25, 0.3) is 0 Å². The summed E-state index contributed by atoms with van der Waals surface area (Å²) in [4.78, 5) is 0. The Kier molecular flexibility index (Phi) is 3.71. The second kappa shape index (κ2) is 5.52. The van der Waals surface area contributed by atoms with Gasteiger partial charge in [0.1, 0.15) is 11.6 Å². The van der Waals surface area contributed by atoms with Crippen LogP contribution in [0.15, 0.2) is 34.8 Å². The Morgan fingerprint density at radius 1 is 1.10 bits per heavy atom. The molecule has 0 bridgehead atoms. The van der Waals surface area contributed by atoms with E-state index in [9.17, 15) is 8.78 Å². The summed E-state index contributed by atoms with van der Waals surface area (Å²) in [6, 6.07) is 7.50. The molecule has 0 saturated heterocycles. The highest BCUT2D eigenvalue weighted by molar-refractivity contribution is 9.10. The molecule has 6 heteroatoms. The number of ether oxygens (including phenoxy) is 2. The lowest BCUT2D eigenvalue weighted by atomic mass is 10.1. The summed E-state index contributed by atoms with van der Waals surface area (Å²) in [6.45, 7) is 2.06. The molecule has 0 amide bonds. The molecule has 2 aromatic rings. The molecule has 2 aromatic carbocycles. The molecule has 0 fully saturated rings. The van der Waals surface area contributed by atoms with E-state index in [1.807, 2.05) is 19.1 Å². The lowest BCUT2D eigenvalue weighted by molar-refractivity contribution is 0.174. The lowest BCUT2D eigenvalue weighted by Crippen LogP contribution is -2.08. The summed E-state index contributed by atoms with van der Waals surface area (Å²) < 4.78 is 38.0. The SMILES string of the molecule is CC(Nc1cc(F)c(Br)cc1F)c1ccc2c(c1)OCO2. The summed E-state index contributed by atoms with van der Waals surface area (Å²) in [5.74, 6) is 0.308. The highest BCUT2D eigenvalue weighted by Gasteiger charge is 2.17. The first-order valence-electron chi connectivity index (χ1n) is 6.35. The molecular formula is C15H12BrF2NO2. The highest BCUT2D eigenvalue weighted by atomic mass is 79.9. The van der Waals surface area contributed by atoms with Crippen LogP contribution in [0.5, 0.6) is 11.5 Å². The molecule has 1 aliphatic rings. The van der Waals surface area contributed by atoms with Crippen molar-refractivity contribution < 1.29 is 18.3 Å². The standard InChI is InChI=1S/C15H12BrF2NO2/c1-8(9-2-3-14-15(4-9)21-7-20-14)19-13-6-11(17)10(16)5-12(13)18/h2-6,8,19H,7H2,1H3. The molecule has 1 unspecified atom stereocenters. The van der Waals surface area contributed by atoms with E-state index in [0.717, 1.165) is 17.7 Å². The molecule has 0 aliphatic carbocycles. The summed E-state index contributed by atoms with van der Waals surface area (Å²) in [6.07, 6.45) is 0. The maximum Gasteiger partial charge on any atom is 0.231 e. The van der Waals surface area contributed by atoms with Crippen LogP contribution in [-0.2, 0) is 0 Å². The molecule has 21 heavy (non-hydrogen) atoms. The third-order valence-electron chi connectivity index (χ3n) is 3.28. The Bertz CT molecular complexity index is 694. The van der Waals surface area contributed by atoms with E-state index in [1.54, 1.807) is 6.07 Å². The molecule has 1 N–H and O–H groups in total. The molecule has 0 spiro atoms. The van der Waals surface area contributed by atoms with E-state index in [-0.39, 0.29) is 23.0 Å². The number of benzene rings is 2. The largest absolute Gasteiger partial charge is 0.454 e. The summed E-state index contributed by atoms with van der Waals surface area (Å²) in [7, 11) is 0. The van der Waals surface area contributed by atoms with E-state index < -0.39 is 11.6 Å². The fourth-order valence-corrected chi connectivity index (χ4v) is 2.45. The predicted molar refractivity (Wildman–Crippen MR) is 78.7 cm³/mol. The Morgan fingerprint density at radius 2 is 1.86 bits per heavy atom. The summed E-state index contributed by atoms with van der Waals surface area (Å²) in [5.41, 5.74) is 1.00. The highest BCUT2D eigenvalue weighted by Crippen LogP contribution is 2.35. The minimum Gasteiger partial charge on any atom is -0.454 e. The molecule has 3 nitrogen and oxygen atoms in total. The number of anilines is 1. The Balaban J connectivity index is 1.83. The van der Waals surface area contributed by atoms with Crippen LogP contribution < -0.4 is 14.8 Å². The van der Waals surface area contributed by atoms with Crippen LogP contribution in [0.25, 0.3) is 0 Å². The minimum absolute atomic E-state index is 0.0984. The van der Waals surface area contributed by atoms with Crippen molar-refractivity contribution in [2.75, 3.05) is 12.1 Å². The van der Waals surface area contributed by atoms with Crippen molar-refractivity contribution in [3.05, 3.63) is 52.0 Å². The average Bonchev–Trinajstić information content (AvgIpc) is 2.92. The van der Waals surface area contributed by atoms with Gasteiger partial charge in [-0.3, -0.25) is 0 Å². The number of hydrogen-bond acceptors (Lipinski definition) is 3. The smallest absolute Gasteiger partial charge is 0.231 e. The van der Waals surface area contributed by atoms with E-state index >= 15 is 0 Å². The summed E-state index contributed by atoms with van der Waals surface area (Å²) >= 11 is 2.95. The fourth-order valence-electron chi connectivity index (χ4n) is 2.13. The molecule has 0 saturated carbocycles. The van der Waals surface area contributed by atoms with E-state index in [0.29, 0.717) is 11.5 Å². The van der Waals surface area contributed by atoms with Crippen LogP contribution in [-0.4, -0.2) is 6.79 Å². The number of nitrogens with one attached hydrogen (secondary N) is 1. The molecule has 0 aromatic heterocycles. The van der Waals surface area contributed by atoms with Crippen molar-refractivity contribution in [1.29, 1.82) is 0 Å². The Morgan fingerprint density at radius 3 is 2.67 bits per heavy atom. The predicted octanol–water partition coefficient (Wildman–Crippen LogP) is 4.63. The molecule has 1 aliphatic heterocycles. The average molecular weight is 356 g/mol. The van der Waals surface area contributed by atoms with Crippen molar-refractivity contribution in [1.82, 2.24) is 0 Å². The van der Waals surface area contributed by atoms with Crippen LogP contribution >= 0.6 is 15.9 Å². The van der Waals surface area contributed by atoms with Gasteiger partial charge < -0.3 is 14.8 Å². The van der Waals surface area contributed by atoms with Gasteiger partial charge >= 0.3 is 0 Å². The zero-order valence-corrected chi connectivity index (χ0v) is 12.7. The summed E-state index contributed by atoms with van der Waals surface area (Å²) in [5, 5.41) is 2.95. The van der Waals surface area contributed by atoms with Gasteiger partial charge in [-0.15, -0.1) is 0 Å². The first-order chi connectivity index (χ1) is 10.0. The van der Waals surface area contributed by atoms with Crippen LogP contribution in [0.4, 0.5) is 14.5 Å². The van der Waals surface area contributed by atoms with E-state index in [1.165, 1.54) is 0 Å². The lowest BCUT2D eigenvalue weighted by Gasteiger charge is -2.17. The molecular weight excluding hydrogens is 344 g/mol. The van der Waals surface area contributed by atoms with Gasteiger partial charge in [-0.1, -0.05) is 6.07 Å². The first kappa shape index (κ1) is 14.1. The van der Waals surface area contributed by atoms with Gasteiger partial charge in [0.15, 0.2) is 11.5 Å². The third kappa shape index (κ3) is 2.81. The van der Waals surface area contributed by atoms with Gasteiger partial charge in [0.2, 0.25) is 6.79 Å². The minimum atomic E-state index is -0.518. The van der Waals surface area contributed by atoms with Gasteiger partial charge in [-0.2, -0.15) is 0 Å². The zero-order chi connectivity index (χ0) is 15.0. The Hall–Kier alpha value is -1.82. The van der Waals surface area contributed by atoms with Crippen LogP contribution in [0.1, 0.15) is 18.5 Å². The number of halogens is 3. The Labute approximate surface area is 129 Å². The van der Waals surface area contributed by atoms with E-state index in [2.05, 4.69) is 21.2 Å². The normalized spacial score (nSPS) is 14.1.